The summed E-state index contributed by atoms with van der Waals surface area (Å²) in [6, 6.07) is 15.1. The Balaban J connectivity index is 1.97. The first-order valence-corrected chi connectivity index (χ1v) is 8.26. The van der Waals surface area contributed by atoms with E-state index in [1.165, 1.54) is 0 Å². The van der Waals surface area contributed by atoms with Gasteiger partial charge in [-0.05, 0) is 31.8 Å². The highest BCUT2D eigenvalue weighted by molar-refractivity contribution is 5.69. The zero-order valence-corrected chi connectivity index (χ0v) is 14.5. The lowest BCUT2D eigenvalue weighted by Gasteiger charge is -2.27. The van der Waals surface area contributed by atoms with Crippen LogP contribution in [0.2, 0.25) is 0 Å². The molecule has 1 aliphatic rings. The fraction of sp³-hybridized carbons (Fsp3) is 0.300. The smallest absolute Gasteiger partial charge is 0.186 e. The minimum absolute atomic E-state index is 0.335. The number of fused-ring (bicyclic) bond motifs is 1. The van der Waals surface area contributed by atoms with E-state index in [0.29, 0.717) is 29.3 Å². The molecule has 0 saturated carbocycles. The summed E-state index contributed by atoms with van der Waals surface area (Å²) < 4.78 is 5.94. The van der Waals surface area contributed by atoms with Gasteiger partial charge in [0, 0.05) is 13.1 Å². The van der Waals surface area contributed by atoms with E-state index in [2.05, 4.69) is 0 Å². The molecule has 0 saturated heterocycles. The van der Waals surface area contributed by atoms with Crippen LogP contribution in [0.25, 0.3) is 5.76 Å². The zero-order chi connectivity index (χ0) is 17.8. The molecule has 2 aromatic carbocycles. The molecule has 1 aliphatic heterocycles. The van der Waals surface area contributed by atoms with Gasteiger partial charge >= 0.3 is 0 Å². The van der Waals surface area contributed by atoms with Gasteiger partial charge in [0.1, 0.15) is 12.5 Å². The van der Waals surface area contributed by atoms with Crippen molar-refractivity contribution in [2.24, 2.45) is 0 Å². The summed E-state index contributed by atoms with van der Waals surface area (Å²) in [5.41, 5.74) is 1.81. The summed E-state index contributed by atoms with van der Waals surface area (Å²) in [5.74, 6) is 2.38. The van der Waals surface area contributed by atoms with Crippen molar-refractivity contribution in [3.63, 3.8) is 0 Å². The van der Waals surface area contributed by atoms with Crippen LogP contribution in [-0.2, 0) is 16.1 Å². The Kier molecular flexibility index (Phi) is 5.19. The van der Waals surface area contributed by atoms with Crippen LogP contribution < -0.4 is 15.3 Å². The molecule has 0 aliphatic carbocycles. The van der Waals surface area contributed by atoms with Crippen molar-refractivity contribution in [1.82, 2.24) is 4.90 Å². The van der Waals surface area contributed by atoms with Gasteiger partial charge < -0.3 is 19.6 Å². The topological polar surface area (TPSA) is 53.0 Å². The number of aliphatic hydroxyl groups excluding tert-OH is 1. The van der Waals surface area contributed by atoms with Gasteiger partial charge in [0.25, 0.3) is 0 Å². The van der Waals surface area contributed by atoms with Gasteiger partial charge in [-0.25, -0.2) is 4.79 Å². The molecule has 5 nitrogen and oxygen atoms in total. The maximum atomic E-state index is 11.4. The second-order valence-corrected chi connectivity index (χ2v) is 6.31. The number of ether oxygens (including phenoxy) is 1. The molecule has 1 N–H and O–H groups in total. The average Bonchev–Trinajstić information content (AvgIpc) is 2.90. The number of benzene rings is 2. The molecule has 3 rings (SSSR count). The maximum Gasteiger partial charge on any atom is 0.186 e. The van der Waals surface area contributed by atoms with Gasteiger partial charge in [-0.3, -0.25) is 0 Å². The highest BCUT2D eigenvalue weighted by Gasteiger charge is 2.31. The second kappa shape index (κ2) is 7.53. The summed E-state index contributed by atoms with van der Waals surface area (Å²) >= 11 is 0. The van der Waals surface area contributed by atoms with Crippen molar-refractivity contribution >= 4 is 17.4 Å². The molecular formula is C20H22N2O3. The van der Waals surface area contributed by atoms with Gasteiger partial charge in [-0.1, -0.05) is 36.4 Å². The third-order valence-corrected chi connectivity index (χ3v) is 4.26. The lowest BCUT2D eigenvalue weighted by Crippen LogP contribution is -2.38. The number of hydrogen-bond acceptors (Lipinski definition) is 5. The fourth-order valence-corrected chi connectivity index (χ4v) is 2.96. The number of anilines is 1. The maximum absolute atomic E-state index is 11.4. The van der Waals surface area contributed by atoms with E-state index in [-0.39, 0.29) is 0 Å². The van der Waals surface area contributed by atoms with Crippen LogP contribution in [0.15, 0.2) is 48.5 Å². The van der Waals surface area contributed by atoms with Crippen LogP contribution >= 0.6 is 0 Å². The average molecular weight is 338 g/mol. The highest BCUT2D eigenvalue weighted by Crippen LogP contribution is 2.24. The Morgan fingerprint density at radius 1 is 1.16 bits per heavy atom. The van der Waals surface area contributed by atoms with E-state index in [4.69, 9.17) is 4.74 Å². The molecule has 130 valence electrons. The number of rotatable bonds is 6. The molecule has 0 radical (unpaired) electrons. The van der Waals surface area contributed by atoms with Crippen molar-refractivity contribution in [2.75, 3.05) is 32.1 Å². The second-order valence-electron chi connectivity index (χ2n) is 6.31. The monoisotopic (exact) mass is 338 g/mol. The van der Waals surface area contributed by atoms with Crippen LogP contribution in [0.1, 0.15) is 5.56 Å². The van der Waals surface area contributed by atoms with E-state index in [1.54, 1.807) is 12.1 Å². The van der Waals surface area contributed by atoms with Crippen LogP contribution in [-0.4, -0.2) is 49.4 Å². The van der Waals surface area contributed by atoms with Crippen molar-refractivity contribution in [1.29, 1.82) is 0 Å². The number of nitrogens with zero attached hydrogens (tertiary/aromatic N) is 2. The molecule has 2 aromatic rings. The van der Waals surface area contributed by atoms with E-state index in [1.807, 2.05) is 66.2 Å². The quantitative estimate of drug-likeness (QED) is 0.816. The van der Waals surface area contributed by atoms with Gasteiger partial charge in [0.05, 0.1) is 16.1 Å². The SMILES string of the molecule is CN(C)CCN1c2cccc(=C=O)c2=C(OCc2ccccc2)C1O. The number of aliphatic hydroxyl groups is 1. The predicted molar refractivity (Wildman–Crippen MR) is 97.0 cm³/mol. The summed E-state index contributed by atoms with van der Waals surface area (Å²) in [5, 5.41) is 11.8. The first-order valence-electron chi connectivity index (χ1n) is 8.26. The van der Waals surface area contributed by atoms with Gasteiger partial charge in [-0.15, -0.1) is 0 Å². The Bertz CT molecular complexity index is 874. The molecule has 1 unspecified atom stereocenters. The van der Waals surface area contributed by atoms with Gasteiger partial charge in [0.2, 0.25) is 0 Å². The van der Waals surface area contributed by atoms with E-state index in [0.717, 1.165) is 17.8 Å². The normalized spacial score (nSPS) is 16.1. The standard InChI is InChI=1S/C20H22N2O3/c1-21(2)11-12-22-17-10-6-9-16(13-23)18(17)19(20(22)24)25-14-15-7-4-3-5-8-15/h3-10,20,24H,11-12,14H2,1-2H3. The molecule has 1 heterocycles. The molecule has 5 heteroatoms. The van der Waals surface area contributed by atoms with Crippen LogP contribution in [0, 0.1) is 0 Å². The van der Waals surface area contributed by atoms with Gasteiger partial charge in [0.15, 0.2) is 12.0 Å². The molecule has 0 amide bonds. The van der Waals surface area contributed by atoms with Crippen molar-refractivity contribution in [3.05, 3.63) is 64.5 Å². The Hall–Kier alpha value is -2.59. The molecular weight excluding hydrogens is 316 g/mol. The Morgan fingerprint density at radius 3 is 2.60 bits per heavy atom. The summed E-state index contributed by atoms with van der Waals surface area (Å²) in [7, 11) is 3.96. The molecule has 1 atom stereocenters. The molecule has 0 spiro atoms. The van der Waals surface area contributed by atoms with Crippen LogP contribution in [0.4, 0.5) is 5.69 Å². The summed E-state index contributed by atoms with van der Waals surface area (Å²) in [6.45, 7) is 1.74. The minimum Gasteiger partial charge on any atom is -0.488 e. The van der Waals surface area contributed by atoms with Crippen LogP contribution in [0.3, 0.4) is 0 Å². The molecule has 0 bridgehead atoms. The number of hydrogen-bond donors (Lipinski definition) is 1. The van der Waals surface area contributed by atoms with Crippen molar-refractivity contribution in [3.8, 4) is 0 Å². The highest BCUT2D eigenvalue weighted by atomic mass is 16.5. The Morgan fingerprint density at radius 2 is 1.92 bits per heavy atom. The van der Waals surface area contributed by atoms with Crippen molar-refractivity contribution in [2.45, 2.75) is 12.8 Å². The molecule has 25 heavy (non-hydrogen) atoms. The van der Waals surface area contributed by atoms with E-state index < -0.39 is 6.23 Å². The third-order valence-electron chi connectivity index (χ3n) is 4.26. The molecule has 0 fully saturated rings. The van der Waals surface area contributed by atoms with Crippen molar-refractivity contribution < 1.29 is 14.6 Å². The van der Waals surface area contributed by atoms with Crippen LogP contribution in [0.5, 0.6) is 0 Å². The summed E-state index contributed by atoms with van der Waals surface area (Å²) in [4.78, 5) is 15.3. The number of carbonyl (C=O) groups excluding carboxylic acids is 1. The fourth-order valence-electron chi connectivity index (χ4n) is 2.96. The largest absolute Gasteiger partial charge is 0.488 e. The molecule has 0 aromatic heterocycles. The first kappa shape index (κ1) is 17.2. The summed E-state index contributed by atoms with van der Waals surface area (Å²) in [6.07, 6.45) is -0.909. The Labute approximate surface area is 147 Å². The lowest BCUT2D eigenvalue weighted by atomic mass is 10.2. The third kappa shape index (κ3) is 3.59. The predicted octanol–water partition coefficient (Wildman–Crippen LogP) is 0.215. The number of likely N-dealkylation sites (N-methyl/N-ethyl adjacent to an activating group) is 1. The minimum atomic E-state index is -0.909. The lowest BCUT2D eigenvalue weighted by molar-refractivity contribution is 0.150. The zero-order valence-electron chi connectivity index (χ0n) is 14.5. The van der Waals surface area contributed by atoms with E-state index in [9.17, 15) is 9.90 Å². The first-order chi connectivity index (χ1) is 12.1. The van der Waals surface area contributed by atoms with E-state index >= 15 is 0 Å². The van der Waals surface area contributed by atoms with Gasteiger partial charge in [-0.2, -0.15) is 0 Å².